The number of fused-ring (bicyclic) bond motifs is 1. The maximum atomic E-state index is 11.9. The molecule has 0 saturated carbocycles. The minimum atomic E-state index is -0.188. The van der Waals surface area contributed by atoms with Gasteiger partial charge in [-0.05, 0) is 16.8 Å². The molecule has 1 aromatic heterocycles. The van der Waals surface area contributed by atoms with Gasteiger partial charge in [0.05, 0.1) is 5.69 Å². The smallest absolute Gasteiger partial charge is 0.251 e. The lowest BCUT2D eigenvalue weighted by molar-refractivity contribution is 0.543. The Bertz CT molecular complexity index is 857. The number of hydrogen-bond donors (Lipinski definition) is 1. The van der Waals surface area contributed by atoms with Gasteiger partial charge in [-0.15, -0.1) is 0 Å². The SMILES string of the molecule is CC(C)(C)c1nc(-c2ccc3ccccc3c2)cc(=O)[nH]1. The van der Waals surface area contributed by atoms with Crippen LogP contribution in [0, 0.1) is 0 Å². The molecule has 0 saturated heterocycles. The molecule has 2 aromatic carbocycles. The molecule has 3 rings (SSSR count). The van der Waals surface area contributed by atoms with E-state index in [2.05, 4.69) is 34.2 Å². The molecule has 0 aliphatic carbocycles. The van der Waals surface area contributed by atoms with Crippen LogP contribution >= 0.6 is 0 Å². The zero-order valence-corrected chi connectivity index (χ0v) is 12.5. The molecule has 3 aromatic rings. The van der Waals surface area contributed by atoms with Crippen molar-refractivity contribution < 1.29 is 0 Å². The topological polar surface area (TPSA) is 45.8 Å². The fraction of sp³-hybridized carbons (Fsp3) is 0.222. The van der Waals surface area contributed by atoms with Gasteiger partial charge in [0.2, 0.25) is 0 Å². The zero-order chi connectivity index (χ0) is 15.0. The predicted octanol–water partition coefficient (Wildman–Crippen LogP) is 3.89. The van der Waals surface area contributed by atoms with Crippen molar-refractivity contribution in [2.45, 2.75) is 26.2 Å². The molecule has 21 heavy (non-hydrogen) atoms. The van der Waals surface area contributed by atoms with Crippen molar-refractivity contribution in [2.75, 3.05) is 0 Å². The van der Waals surface area contributed by atoms with Gasteiger partial charge < -0.3 is 4.98 Å². The first kappa shape index (κ1) is 13.6. The van der Waals surface area contributed by atoms with Crippen molar-refractivity contribution in [1.82, 2.24) is 9.97 Å². The van der Waals surface area contributed by atoms with E-state index in [1.165, 1.54) is 5.39 Å². The van der Waals surface area contributed by atoms with E-state index in [1.807, 2.05) is 39.0 Å². The summed E-state index contributed by atoms with van der Waals surface area (Å²) in [6, 6.07) is 15.9. The number of rotatable bonds is 1. The molecule has 0 spiro atoms. The van der Waals surface area contributed by atoms with Crippen molar-refractivity contribution in [2.24, 2.45) is 0 Å². The summed E-state index contributed by atoms with van der Waals surface area (Å²) in [5, 5.41) is 2.33. The highest BCUT2D eigenvalue weighted by atomic mass is 16.1. The number of hydrogen-bond acceptors (Lipinski definition) is 2. The highest BCUT2D eigenvalue weighted by molar-refractivity contribution is 5.86. The molecule has 0 fully saturated rings. The van der Waals surface area contributed by atoms with Gasteiger partial charge in [0.1, 0.15) is 5.82 Å². The van der Waals surface area contributed by atoms with Crippen molar-refractivity contribution in [3.63, 3.8) is 0 Å². The highest BCUT2D eigenvalue weighted by Crippen LogP contribution is 2.24. The van der Waals surface area contributed by atoms with Gasteiger partial charge in [0.15, 0.2) is 0 Å². The number of nitrogens with zero attached hydrogens (tertiary/aromatic N) is 1. The summed E-state index contributed by atoms with van der Waals surface area (Å²) in [7, 11) is 0. The Morgan fingerprint density at radius 3 is 2.38 bits per heavy atom. The van der Waals surface area contributed by atoms with Crippen LogP contribution in [0.3, 0.4) is 0 Å². The van der Waals surface area contributed by atoms with Crippen molar-refractivity contribution in [3.05, 3.63) is 64.7 Å². The van der Waals surface area contributed by atoms with Crippen LogP contribution in [0.5, 0.6) is 0 Å². The standard InChI is InChI=1S/C18H18N2O/c1-18(2,3)17-19-15(11-16(21)20-17)14-9-8-12-6-4-5-7-13(12)10-14/h4-11H,1-3H3,(H,19,20,21). The normalized spacial score (nSPS) is 11.8. The van der Waals surface area contributed by atoms with Crippen LogP contribution in [0.1, 0.15) is 26.6 Å². The maximum absolute atomic E-state index is 11.9. The average Bonchev–Trinajstić information content (AvgIpc) is 2.45. The van der Waals surface area contributed by atoms with E-state index in [-0.39, 0.29) is 11.0 Å². The van der Waals surface area contributed by atoms with E-state index in [0.717, 1.165) is 16.6 Å². The molecule has 1 N–H and O–H groups in total. The molecule has 1 heterocycles. The molecular formula is C18H18N2O. The zero-order valence-electron chi connectivity index (χ0n) is 12.5. The van der Waals surface area contributed by atoms with Gasteiger partial charge in [-0.3, -0.25) is 4.79 Å². The third-order valence-corrected chi connectivity index (χ3v) is 3.50. The Kier molecular flexibility index (Phi) is 3.13. The van der Waals surface area contributed by atoms with E-state index in [9.17, 15) is 4.79 Å². The Morgan fingerprint density at radius 1 is 0.952 bits per heavy atom. The summed E-state index contributed by atoms with van der Waals surface area (Å²) >= 11 is 0. The summed E-state index contributed by atoms with van der Waals surface area (Å²) in [4.78, 5) is 19.4. The first-order valence-electron chi connectivity index (χ1n) is 7.04. The second-order valence-electron chi connectivity index (χ2n) is 6.29. The molecule has 0 atom stereocenters. The van der Waals surface area contributed by atoms with Crippen LogP contribution in [-0.4, -0.2) is 9.97 Å². The van der Waals surface area contributed by atoms with Gasteiger partial charge in [-0.25, -0.2) is 4.98 Å². The summed E-state index contributed by atoms with van der Waals surface area (Å²) in [6.07, 6.45) is 0. The first-order chi connectivity index (χ1) is 9.93. The van der Waals surface area contributed by atoms with Crippen LogP contribution in [0.15, 0.2) is 53.3 Å². The summed E-state index contributed by atoms with van der Waals surface area (Å²) < 4.78 is 0. The van der Waals surface area contributed by atoms with E-state index >= 15 is 0 Å². The van der Waals surface area contributed by atoms with Crippen molar-refractivity contribution in [1.29, 1.82) is 0 Å². The van der Waals surface area contributed by atoms with Gasteiger partial charge in [-0.2, -0.15) is 0 Å². The molecule has 3 nitrogen and oxygen atoms in total. The van der Waals surface area contributed by atoms with Crippen LogP contribution < -0.4 is 5.56 Å². The number of aromatic amines is 1. The second-order valence-corrected chi connectivity index (χ2v) is 6.29. The summed E-state index contributed by atoms with van der Waals surface area (Å²) in [5.74, 6) is 0.707. The van der Waals surface area contributed by atoms with Crippen molar-refractivity contribution >= 4 is 10.8 Å². The largest absolute Gasteiger partial charge is 0.310 e. The molecule has 0 radical (unpaired) electrons. The molecule has 0 aliphatic rings. The molecule has 106 valence electrons. The Labute approximate surface area is 123 Å². The monoisotopic (exact) mass is 278 g/mol. The van der Waals surface area contributed by atoms with E-state index in [4.69, 9.17) is 0 Å². The Morgan fingerprint density at radius 2 is 1.67 bits per heavy atom. The van der Waals surface area contributed by atoms with Gasteiger partial charge in [-0.1, -0.05) is 57.2 Å². The lowest BCUT2D eigenvalue weighted by Crippen LogP contribution is -2.21. The van der Waals surface area contributed by atoms with Crippen LogP contribution in [0.25, 0.3) is 22.0 Å². The molecular weight excluding hydrogens is 260 g/mol. The van der Waals surface area contributed by atoms with Gasteiger partial charge >= 0.3 is 0 Å². The van der Waals surface area contributed by atoms with E-state index in [1.54, 1.807) is 6.07 Å². The van der Waals surface area contributed by atoms with Crippen LogP contribution in [-0.2, 0) is 5.41 Å². The molecule has 0 bridgehead atoms. The predicted molar refractivity (Wildman–Crippen MR) is 86.5 cm³/mol. The third-order valence-electron chi connectivity index (χ3n) is 3.50. The molecule has 0 amide bonds. The fourth-order valence-corrected chi connectivity index (χ4v) is 2.31. The quantitative estimate of drug-likeness (QED) is 0.734. The minimum absolute atomic E-state index is 0.113. The van der Waals surface area contributed by atoms with Gasteiger partial charge in [0.25, 0.3) is 5.56 Å². The Hall–Kier alpha value is -2.42. The van der Waals surface area contributed by atoms with Crippen LogP contribution in [0.4, 0.5) is 0 Å². The molecule has 0 aliphatic heterocycles. The lowest BCUT2D eigenvalue weighted by atomic mass is 9.95. The third kappa shape index (κ3) is 2.72. The number of H-pyrrole nitrogens is 1. The van der Waals surface area contributed by atoms with Gasteiger partial charge in [0, 0.05) is 17.0 Å². The number of nitrogens with one attached hydrogen (secondary N) is 1. The lowest BCUT2D eigenvalue weighted by Gasteiger charge is -2.17. The van der Waals surface area contributed by atoms with Crippen LogP contribution in [0.2, 0.25) is 0 Å². The second kappa shape index (κ2) is 4.85. The molecule has 0 unspecified atom stereocenters. The Balaban J connectivity index is 2.18. The highest BCUT2D eigenvalue weighted by Gasteiger charge is 2.18. The number of aromatic nitrogens is 2. The molecule has 3 heteroatoms. The van der Waals surface area contributed by atoms with Crippen molar-refractivity contribution in [3.8, 4) is 11.3 Å². The van der Waals surface area contributed by atoms with E-state index in [0.29, 0.717) is 5.82 Å². The fourth-order valence-electron chi connectivity index (χ4n) is 2.31. The summed E-state index contributed by atoms with van der Waals surface area (Å²) in [6.45, 7) is 6.11. The van der Waals surface area contributed by atoms with E-state index < -0.39 is 0 Å². The average molecular weight is 278 g/mol. The number of benzene rings is 2. The maximum Gasteiger partial charge on any atom is 0.251 e. The summed E-state index contributed by atoms with van der Waals surface area (Å²) in [5.41, 5.74) is 1.38. The first-order valence-corrected chi connectivity index (χ1v) is 7.04. The minimum Gasteiger partial charge on any atom is -0.310 e.